The zero-order chi connectivity index (χ0) is 9.84. The predicted molar refractivity (Wildman–Crippen MR) is 65.7 cm³/mol. The number of thioether (sulfide) groups is 1. The Bertz CT molecular complexity index is 300. The van der Waals surface area contributed by atoms with E-state index < -0.39 is 0 Å². The molecule has 0 bridgehead atoms. The van der Waals surface area contributed by atoms with Crippen LogP contribution >= 0.6 is 24.0 Å². The Kier molecular flexibility index (Phi) is 3.75. The molecule has 0 aromatic heterocycles. The monoisotopic (exact) mass is 211 g/mol. The van der Waals surface area contributed by atoms with Crippen LogP contribution in [0.2, 0.25) is 0 Å². The maximum Gasteiger partial charge on any atom is 0.137 e. The van der Waals surface area contributed by atoms with Crippen LogP contribution < -0.4 is 5.32 Å². The number of hydrogen-bond donors (Lipinski definition) is 1. The minimum Gasteiger partial charge on any atom is -0.341 e. The van der Waals surface area contributed by atoms with Crippen LogP contribution in [-0.4, -0.2) is 10.6 Å². The van der Waals surface area contributed by atoms with Gasteiger partial charge in [-0.2, -0.15) is 0 Å². The minimum absolute atomic E-state index is 0.817. The third-order valence-corrected chi connectivity index (χ3v) is 2.97. The van der Waals surface area contributed by atoms with Gasteiger partial charge in [0.1, 0.15) is 4.32 Å². The number of rotatable bonds is 1. The van der Waals surface area contributed by atoms with Gasteiger partial charge in [0, 0.05) is 5.69 Å². The largest absolute Gasteiger partial charge is 0.341 e. The molecule has 0 saturated carbocycles. The lowest BCUT2D eigenvalue weighted by Gasteiger charge is -2.11. The highest BCUT2D eigenvalue weighted by molar-refractivity contribution is 8.22. The van der Waals surface area contributed by atoms with Crippen molar-refractivity contribution in [1.29, 1.82) is 0 Å². The van der Waals surface area contributed by atoms with Crippen molar-refractivity contribution in [2.45, 2.75) is 13.8 Å². The summed E-state index contributed by atoms with van der Waals surface area (Å²) in [4.78, 5) is 0. The Morgan fingerprint density at radius 2 is 1.85 bits per heavy atom. The van der Waals surface area contributed by atoms with Crippen LogP contribution in [0.15, 0.2) is 18.2 Å². The average Bonchev–Trinajstić information content (AvgIpc) is 2.11. The number of hydrogen-bond acceptors (Lipinski definition) is 2. The summed E-state index contributed by atoms with van der Waals surface area (Å²) in [6.07, 6.45) is 1.98. The van der Waals surface area contributed by atoms with E-state index in [1.165, 1.54) is 11.1 Å². The summed E-state index contributed by atoms with van der Waals surface area (Å²) in [7, 11) is 0. The number of thiocarbonyl (C=S) groups is 1. The van der Waals surface area contributed by atoms with Gasteiger partial charge in [0.2, 0.25) is 0 Å². The van der Waals surface area contributed by atoms with E-state index in [0.29, 0.717) is 0 Å². The summed E-state index contributed by atoms with van der Waals surface area (Å²) in [5, 5.41) is 3.22. The molecule has 70 valence electrons. The first-order chi connectivity index (χ1) is 6.15. The van der Waals surface area contributed by atoms with Gasteiger partial charge in [-0.15, -0.1) is 11.8 Å². The van der Waals surface area contributed by atoms with Crippen LogP contribution in [0.25, 0.3) is 0 Å². The summed E-state index contributed by atoms with van der Waals surface area (Å²) in [6.45, 7) is 4.16. The van der Waals surface area contributed by atoms with Crippen LogP contribution in [0.1, 0.15) is 11.1 Å². The Labute approximate surface area is 88.9 Å². The SMILES string of the molecule is CSC(=S)Nc1c(C)cccc1C. The highest BCUT2D eigenvalue weighted by Crippen LogP contribution is 2.20. The van der Waals surface area contributed by atoms with Gasteiger partial charge in [0.05, 0.1) is 0 Å². The molecule has 1 N–H and O–H groups in total. The maximum atomic E-state index is 5.11. The number of benzene rings is 1. The van der Waals surface area contributed by atoms with E-state index in [0.717, 1.165) is 10.0 Å². The van der Waals surface area contributed by atoms with Gasteiger partial charge in [-0.1, -0.05) is 30.4 Å². The van der Waals surface area contributed by atoms with Crippen molar-refractivity contribution >= 4 is 34.0 Å². The van der Waals surface area contributed by atoms with E-state index in [2.05, 4.69) is 37.4 Å². The summed E-state index contributed by atoms with van der Waals surface area (Å²) in [5.74, 6) is 0. The maximum absolute atomic E-state index is 5.11. The van der Waals surface area contributed by atoms with Crippen LogP contribution in [-0.2, 0) is 0 Å². The van der Waals surface area contributed by atoms with Crippen molar-refractivity contribution in [3.63, 3.8) is 0 Å². The number of anilines is 1. The van der Waals surface area contributed by atoms with Crippen LogP contribution in [0.4, 0.5) is 5.69 Å². The van der Waals surface area contributed by atoms with Crippen LogP contribution in [0, 0.1) is 13.8 Å². The topological polar surface area (TPSA) is 12.0 Å². The van der Waals surface area contributed by atoms with Crippen LogP contribution in [0.5, 0.6) is 0 Å². The van der Waals surface area contributed by atoms with Gasteiger partial charge < -0.3 is 5.32 Å². The van der Waals surface area contributed by atoms with Gasteiger partial charge in [0.25, 0.3) is 0 Å². The minimum atomic E-state index is 0.817. The molecule has 1 nitrogen and oxygen atoms in total. The zero-order valence-corrected chi connectivity index (χ0v) is 9.68. The fourth-order valence-corrected chi connectivity index (χ4v) is 1.47. The van der Waals surface area contributed by atoms with Crippen molar-refractivity contribution < 1.29 is 0 Å². The van der Waals surface area contributed by atoms with Crippen molar-refractivity contribution in [2.24, 2.45) is 0 Å². The van der Waals surface area contributed by atoms with Gasteiger partial charge >= 0.3 is 0 Å². The Hall–Kier alpha value is -0.540. The second-order valence-electron chi connectivity index (χ2n) is 2.88. The lowest BCUT2D eigenvalue weighted by Crippen LogP contribution is -2.06. The molecule has 0 unspecified atom stereocenters. The Morgan fingerprint density at radius 1 is 1.31 bits per heavy atom. The lowest BCUT2D eigenvalue weighted by molar-refractivity contribution is 1.38. The van der Waals surface area contributed by atoms with Crippen molar-refractivity contribution in [2.75, 3.05) is 11.6 Å². The van der Waals surface area contributed by atoms with E-state index >= 15 is 0 Å². The molecule has 0 heterocycles. The highest BCUT2D eigenvalue weighted by atomic mass is 32.2. The Balaban J connectivity index is 2.93. The van der Waals surface area contributed by atoms with E-state index in [1.807, 2.05) is 6.26 Å². The quantitative estimate of drug-likeness (QED) is 0.715. The molecule has 1 aromatic rings. The molecule has 13 heavy (non-hydrogen) atoms. The van der Waals surface area contributed by atoms with Gasteiger partial charge in [-0.3, -0.25) is 0 Å². The molecule has 0 atom stereocenters. The summed E-state index contributed by atoms with van der Waals surface area (Å²) in [5.41, 5.74) is 3.61. The summed E-state index contributed by atoms with van der Waals surface area (Å²) >= 11 is 6.67. The van der Waals surface area contributed by atoms with Gasteiger partial charge in [-0.25, -0.2) is 0 Å². The Morgan fingerprint density at radius 3 is 2.31 bits per heavy atom. The molecule has 0 amide bonds. The fraction of sp³-hybridized carbons (Fsp3) is 0.300. The first-order valence-corrected chi connectivity index (χ1v) is 5.69. The molecule has 0 saturated heterocycles. The third-order valence-electron chi connectivity index (χ3n) is 1.89. The van der Waals surface area contributed by atoms with E-state index in [1.54, 1.807) is 11.8 Å². The fourth-order valence-electron chi connectivity index (χ4n) is 1.16. The second kappa shape index (κ2) is 4.63. The van der Waals surface area contributed by atoms with E-state index in [9.17, 15) is 0 Å². The third kappa shape index (κ3) is 2.71. The molecule has 0 radical (unpaired) electrons. The summed E-state index contributed by atoms with van der Waals surface area (Å²) in [6, 6.07) is 6.22. The molecule has 0 spiro atoms. The molecule has 0 aliphatic rings. The molecule has 1 aromatic carbocycles. The van der Waals surface area contributed by atoms with Crippen molar-refractivity contribution in [3.8, 4) is 0 Å². The summed E-state index contributed by atoms with van der Waals surface area (Å²) < 4.78 is 0.817. The van der Waals surface area contributed by atoms with Crippen LogP contribution in [0.3, 0.4) is 0 Å². The molecule has 3 heteroatoms. The van der Waals surface area contributed by atoms with Crippen molar-refractivity contribution in [1.82, 2.24) is 0 Å². The molecular formula is C10H13NS2. The normalized spacial score (nSPS) is 9.77. The first kappa shape index (κ1) is 10.5. The van der Waals surface area contributed by atoms with Crippen molar-refractivity contribution in [3.05, 3.63) is 29.3 Å². The first-order valence-electron chi connectivity index (χ1n) is 4.06. The molecule has 0 aliphatic carbocycles. The lowest BCUT2D eigenvalue weighted by atomic mass is 10.1. The smallest absolute Gasteiger partial charge is 0.137 e. The van der Waals surface area contributed by atoms with Gasteiger partial charge in [0.15, 0.2) is 0 Å². The molecule has 0 fully saturated rings. The molecule has 1 rings (SSSR count). The zero-order valence-electron chi connectivity index (χ0n) is 8.05. The average molecular weight is 211 g/mol. The second-order valence-corrected chi connectivity index (χ2v) is 4.37. The standard InChI is InChI=1S/C10H13NS2/c1-7-5-4-6-8(2)9(7)11-10(12)13-3/h4-6H,1-3H3,(H,11,12). The predicted octanol–water partition coefficient (Wildman–Crippen LogP) is 3.36. The molecule has 0 aliphatic heterocycles. The molecular weight excluding hydrogens is 198 g/mol. The number of nitrogens with one attached hydrogen (secondary N) is 1. The highest BCUT2D eigenvalue weighted by Gasteiger charge is 2.02. The van der Waals surface area contributed by atoms with E-state index in [-0.39, 0.29) is 0 Å². The van der Waals surface area contributed by atoms with E-state index in [4.69, 9.17) is 12.2 Å². The number of para-hydroxylation sites is 1. The number of aryl methyl sites for hydroxylation is 2. The van der Waals surface area contributed by atoms with Gasteiger partial charge in [-0.05, 0) is 31.2 Å².